The fourth-order valence-electron chi connectivity index (χ4n) is 1.53. The molecular weight excluding hydrogens is 428 g/mol. The number of hydrogen-bond acceptors (Lipinski definition) is 2. The Balaban J connectivity index is 2.51. The van der Waals surface area contributed by atoms with E-state index >= 15 is 0 Å². The molecule has 2 nitrogen and oxygen atoms in total. The molecule has 2 rings (SSSR count). The number of hydrogen-bond donors (Lipinski definition) is 1. The van der Waals surface area contributed by atoms with E-state index < -0.39 is 0 Å². The predicted octanol–water partition coefficient (Wildman–Crippen LogP) is 4.52. The van der Waals surface area contributed by atoms with Gasteiger partial charge < -0.3 is 5.73 Å². The number of rotatable bonds is 2. The molecule has 0 bridgehead atoms. The summed E-state index contributed by atoms with van der Waals surface area (Å²) >= 11 is 11.5. The van der Waals surface area contributed by atoms with Gasteiger partial charge in [-0.3, -0.25) is 4.79 Å². The van der Waals surface area contributed by atoms with Crippen molar-refractivity contribution < 1.29 is 4.79 Å². The average Bonchev–Trinajstić information content (AvgIpc) is 2.31. The SMILES string of the molecule is Nc1ccc(C(=O)c2cc(Br)ccc2I)c(Cl)c1. The Morgan fingerprint density at radius 3 is 2.56 bits per heavy atom. The summed E-state index contributed by atoms with van der Waals surface area (Å²) in [6.45, 7) is 0. The maximum Gasteiger partial charge on any atom is 0.195 e. The Labute approximate surface area is 132 Å². The Kier molecular flexibility index (Phi) is 4.29. The topological polar surface area (TPSA) is 43.1 Å². The molecule has 0 aliphatic rings. The van der Waals surface area contributed by atoms with Crippen LogP contribution < -0.4 is 5.73 Å². The number of anilines is 1. The van der Waals surface area contributed by atoms with Gasteiger partial charge in [-0.05, 0) is 59.0 Å². The summed E-state index contributed by atoms with van der Waals surface area (Å²) in [5.74, 6) is -0.106. The van der Waals surface area contributed by atoms with Gasteiger partial charge in [0.1, 0.15) is 0 Å². The normalized spacial score (nSPS) is 10.4. The lowest BCUT2D eigenvalue weighted by atomic mass is 10.0. The fourth-order valence-corrected chi connectivity index (χ4v) is 2.75. The van der Waals surface area contributed by atoms with Crippen LogP contribution >= 0.6 is 50.1 Å². The first-order valence-electron chi connectivity index (χ1n) is 5.04. The molecule has 2 aromatic carbocycles. The number of carbonyl (C=O) groups excluding carboxylic acids is 1. The third-order valence-electron chi connectivity index (χ3n) is 2.41. The summed E-state index contributed by atoms with van der Waals surface area (Å²) in [6, 6.07) is 10.5. The summed E-state index contributed by atoms with van der Waals surface area (Å²) in [7, 11) is 0. The van der Waals surface area contributed by atoms with Crippen LogP contribution in [-0.4, -0.2) is 5.78 Å². The lowest BCUT2D eigenvalue weighted by molar-refractivity contribution is 0.103. The lowest BCUT2D eigenvalue weighted by Gasteiger charge is -2.07. The van der Waals surface area contributed by atoms with Gasteiger partial charge in [-0.2, -0.15) is 0 Å². The molecule has 2 aromatic rings. The van der Waals surface area contributed by atoms with Gasteiger partial charge in [-0.25, -0.2) is 0 Å². The van der Waals surface area contributed by atoms with E-state index in [9.17, 15) is 4.79 Å². The molecule has 0 aliphatic heterocycles. The van der Waals surface area contributed by atoms with Gasteiger partial charge in [0.05, 0.1) is 5.02 Å². The van der Waals surface area contributed by atoms with Crippen molar-refractivity contribution in [3.8, 4) is 0 Å². The van der Waals surface area contributed by atoms with E-state index in [4.69, 9.17) is 17.3 Å². The Hall–Kier alpha value is -0.590. The second-order valence-electron chi connectivity index (χ2n) is 3.69. The van der Waals surface area contributed by atoms with Crippen molar-refractivity contribution >= 4 is 61.6 Å². The summed E-state index contributed by atoms with van der Waals surface area (Å²) in [5, 5.41) is 0.371. The first-order valence-corrected chi connectivity index (χ1v) is 7.29. The van der Waals surface area contributed by atoms with Gasteiger partial charge in [0, 0.05) is 24.9 Å². The third-order valence-corrected chi connectivity index (χ3v) is 4.16. The first-order chi connectivity index (χ1) is 8.49. The molecule has 0 aromatic heterocycles. The summed E-state index contributed by atoms with van der Waals surface area (Å²) in [6.07, 6.45) is 0. The minimum absolute atomic E-state index is 0.106. The van der Waals surface area contributed by atoms with Gasteiger partial charge in [0.25, 0.3) is 0 Å². The molecule has 0 saturated carbocycles. The number of halogens is 3. The highest BCUT2D eigenvalue weighted by Crippen LogP contribution is 2.26. The predicted molar refractivity (Wildman–Crippen MR) is 86.2 cm³/mol. The number of benzene rings is 2. The minimum atomic E-state index is -0.106. The second-order valence-corrected chi connectivity index (χ2v) is 6.18. The van der Waals surface area contributed by atoms with Crippen LogP contribution in [0.2, 0.25) is 5.02 Å². The van der Waals surface area contributed by atoms with Crippen LogP contribution in [0.4, 0.5) is 5.69 Å². The summed E-state index contributed by atoms with van der Waals surface area (Å²) in [4.78, 5) is 12.4. The van der Waals surface area contributed by atoms with Crippen molar-refractivity contribution in [1.82, 2.24) is 0 Å². The second kappa shape index (κ2) is 5.59. The zero-order chi connectivity index (χ0) is 13.3. The first kappa shape index (κ1) is 13.8. The molecule has 18 heavy (non-hydrogen) atoms. The van der Waals surface area contributed by atoms with Crippen LogP contribution in [0, 0.1) is 3.57 Å². The number of nitrogens with two attached hydrogens (primary N) is 1. The Morgan fingerprint density at radius 2 is 1.89 bits per heavy atom. The smallest absolute Gasteiger partial charge is 0.195 e. The van der Waals surface area contributed by atoms with Crippen LogP contribution in [0.1, 0.15) is 15.9 Å². The Morgan fingerprint density at radius 1 is 1.17 bits per heavy atom. The van der Waals surface area contributed by atoms with E-state index in [1.165, 1.54) is 0 Å². The monoisotopic (exact) mass is 435 g/mol. The number of ketones is 1. The van der Waals surface area contributed by atoms with Gasteiger partial charge in [-0.1, -0.05) is 27.5 Å². The summed E-state index contributed by atoms with van der Waals surface area (Å²) in [5.41, 5.74) is 7.24. The molecule has 5 heteroatoms. The van der Waals surface area contributed by atoms with Crippen molar-refractivity contribution in [3.05, 3.63) is 60.6 Å². The van der Waals surface area contributed by atoms with E-state index in [-0.39, 0.29) is 5.78 Å². The molecule has 0 radical (unpaired) electrons. The molecule has 0 heterocycles. The lowest BCUT2D eigenvalue weighted by Crippen LogP contribution is -2.05. The van der Waals surface area contributed by atoms with Gasteiger partial charge in [0.2, 0.25) is 0 Å². The summed E-state index contributed by atoms with van der Waals surface area (Å²) < 4.78 is 1.74. The standard InChI is InChI=1S/C13H8BrClINO/c14-7-1-4-12(16)10(5-7)13(18)9-3-2-8(17)6-11(9)15/h1-6H,17H2. The zero-order valence-electron chi connectivity index (χ0n) is 9.08. The molecule has 0 spiro atoms. The van der Waals surface area contributed by atoms with E-state index in [0.717, 1.165) is 8.04 Å². The molecule has 0 aliphatic carbocycles. The maximum absolute atomic E-state index is 12.4. The molecule has 0 fully saturated rings. The number of nitrogen functional groups attached to an aromatic ring is 1. The molecule has 92 valence electrons. The van der Waals surface area contributed by atoms with Crippen molar-refractivity contribution in [2.45, 2.75) is 0 Å². The van der Waals surface area contributed by atoms with Gasteiger partial charge in [-0.15, -0.1) is 0 Å². The highest BCUT2D eigenvalue weighted by Gasteiger charge is 2.16. The van der Waals surface area contributed by atoms with Crippen LogP contribution in [0.5, 0.6) is 0 Å². The van der Waals surface area contributed by atoms with Crippen molar-refractivity contribution in [2.75, 3.05) is 5.73 Å². The van der Waals surface area contributed by atoms with Crippen molar-refractivity contribution in [1.29, 1.82) is 0 Å². The van der Waals surface area contributed by atoms with Crippen LogP contribution in [-0.2, 0) is 0 Å². The highest BCUT2D eigenvalue weighted by molar-refractivity contribution is 14.1. The average molecular weight is 436 g/mol. The van der Waals surface area contributed by atoms with E-state index in [1.54, 1.807) is 24.3 Å². The number of carbonyl (C=O) groups is 1. The maximum atomic E-state index is 12.4. The van der Waals surface area contributed by atoms with Crippen LogP contribution in [0.3, 0.4) is 0 Å². The minimum Gasteiger partial charge on any atom is -0.399 e. The zero-order valence-corrected chi connectivity index (χ0v) is 13.6. The highest BCUT2D eigenvalue weighted by atomic mass is 127. The molecule has 0 unspecified atom stereocenters. The Bertz CT molecular complexity index is 630. The molecule has 0 atom stereocenters. The third kappa shape index (κ3) is 2.87. The molecule has 2 N–H and O–H groups in total. The fraction of sp³-hybridized carbons (Fsp3) is 0. The van der Waals surface area contributed by atoms with Gasteiger partial charge >= 0.3 is 0 Å². The van der Waals surface area contributed by atoms with Crippen molar-refractivity contribution in [2.24, 2.45) is 0 Å². The van der Waals surface area contributed by atoms with Crippen LogP contribution in [0.25, 0.3) is 0 Å². The molecule has 0 saturated heterocycles. The van der Waals surface area contributed by atoms with Gasteiger partial charge in [0.15, 0.2) is 5.78 Å². The van der Waals surface area contributed by atoms with E-state index in [1.807, 2.05) is 12.1 Å². The van der Waals surface area contributed by atoms with E-state index in [2.05, 4.69) is 38.5 Å². The molecule has 0 amide bonds. The largest absolute Gasteiger partial charge is 0.399 e. The van der Waals surface area contributed by atoms with Crippen LogP contribution in [0.15, 0.2) is 40.9 Å². The van der Waals surface area contributed by atoms with Crippen molar-refractivity contribution in [3.63, 3.8) is 0 Å². The quantitative estimate of drug-likeness (QED) is 0.427. The molecular formula is C13H8BrClINO. The van der Waals surface area contributed by atoms with E-state index in [0.29, 0.717) is 21.8 Å².